The van der Waals surface area contributed by atoms with Gasteiger partial charge in [-0.1, -0.05) is 6.42 Å². The maximum atomic E-state index is 12.2. The molecule has 2 unspecified atom stereocenters. The fourth-order valence-electron chi connectivity index (χ4n) is 3.93. The van der Waals surface area contributed by atoms with E-state index in [1.807, 2.05) is 6.92 Å². The van der Waals surface area contributed by atoms with Gasteiger partial charge in [0.25, 0.3) is 0 Å². The van der Waals surface area contributed by atoms with Gasteiger partial charge in [0, 0.05) is 0 Å². The van der Waals surface area contributed by atoms with Gasteiger partial charge in [-0.15, -0.1) is 0 Å². The van der Waals surface area contributed by atoms with Gasteiger partial charge in [-0.05, 0) is 64.5 Å². The maximum Gasteiger partial charge on any atom is 0.311 e. The van der Waals surface area contributed by atoms with Crippen LogP contribution in [0.1, 0.15) is 40.0 Å². The second-order valence-corrected chi connectivity index (χ2v) is 6.08. The third-order valence-corrected chi connectivity index (χ3v) is 4.61. The lowest BCUT2D eigenvalue weighted by molar-refractivity contribution is -0.162. The van der Waals surface area contributed by atoms with Crippen LogP contribution in [0.25, 0.3) is 0 Å². The highest BCUT2D eigenvalue weighted by molar-refractivity contribution is 5.76. The van der Waals surface area contributed by atoms with E-state index in [-0.39, 0.29) is 11.4 Å². The van der Waals surface area contributed by atoms with Gasteiger partial charge in [0.2, 0.25) is 0 Å². The van der Waals surface area contributed by atoms with Crippen molar-refractivity contribution in [2.24, 2.45) is 23.2 Å². The molecule has 2 aliphatic rings. The van der Waals surface area contributed by atoms with E-state index in [2.05, 4.69) is 19.2 Å². The fraction of sp³-hybridized carbons (Fsp3) is 0.929. The second kappa shape index (κ2) is 4.97. The zero-order chi connectivity index (χ0) is 12.5. The Labute approximate surface area is 104 Å². The average Bonchev–Trinajstić information content (AvgIpc) is 2.28. The zero-order valence-electron chi connectivity index (χ0n) is 11.3. The van der Waals surface area contributed by atoms with Gasteiger partial charge in [0.05, 0.1) is 12.0 Å². The lowest BCUT2D eigenvalue weighted by atomic mass is 9.59. The van der Waals surface area contributed by atoms with Gasteiger partial charge in [-0.2, -0.15) is 0 Å². The molecule has 0 amide bonds. The van der Waals surface area contributed by atoms with Gasteiger partial charge >= 0.3 is 5.97 Å². The Kier molecular flexibility index (Phi) is 3.76. The summed E-state index contributed by atoms with van der Waals surface area (Å²) in [5.41, 5.74) is -0.326. The summed E-state index contributed by atoms with van der Waals surface area (Å²) in [6, 6.07) is 0. The van der Waals surface area contributed by atoms with Crippen LogP contribution in [0.3, 0.4) is 0 Å². The van der Waals surface area contributed by atoms with Gasteiger partial charge in [0.15, 0.2) is 0 Å². The van der Waals surface area contributed by atoms with E-state index in [4.69, 9.17) is 4.74 Å². The largest absolute Gasteiger partial charge is 0.466 e. The topological polar surface area (TPSA) is 38.3 Å². The zero-order valence-corrected chi connectivity index (χ0v) is 11.3. The SMILES string of the molecule is CCOC(=O)C(C)(C)C1C2CCCC1CNC2. The number of hydrogen-bond donors (Lipinski definition) is 1. The molecule has 0 spiro atoms. The fourth-order valence-corrected chi connectivity index (χ4v) is 3.93. The van der Waals surface area contributed by atoms with Crippen molar-refractivity contribution >= 4 is 5.97 Å². The molecule has 2 atom stereocenters. The van der Waals surface area contributed by atoms with Crippen LogP contribution in [0, 0.1) is 23.2 Å². The first kappa shape index (κ1) is 12.9. The van der Waals surface area contributed by atoms with E-state index >= 15 is 0 Å². The van der Waals surface area contributed by atoms with Gasteiger partial charge in [-0.3, -0.25) is 4.79 Å². The van der Waals surface area contributed by atoms with E-state index in [1.165, 1.54) is 19.3 Å². The maximum absolute atomic E-state index is 12.2. The normalized spacial score (nSPS) is 33.2. The molecule has 1 heterocycles. The summed E-state index contributed by atoms with van der Waals surface area (Å²) >= 11 is 0. The Balaban J connectivity index is 2.16. The highest BCUT2D eigenvalue weighted by atomic mass is 16.5. The minimum Gasteiger partial charge on any atom is -0.466 e. The molecule has 2 bridgehead atoms. The third-order valence-electron chi connectivity index (χ3n) is 4.61. The summed E-state index contributed by atoms with van der Waals surface area (Å²) in [5, 5.41) is 3.51. The molecule has 0 aromatic heterocycles. The number of ether oxygens (including phenoxy) is 1. The molecule has 1 aliphatic heterocycles. The van der Waals surface area contributed by atoms with Crippen LogP contribution in [0.4, 0.5) is 0 Å². The minimum atomic E-state index is -0.326. The number of fused-ring (bicyclic) bond motifs is 2. The first-order valence-electron chi connectivity index (χ1n) is 6.95. The Hall–Kier alpha value is -0.570. The molecule has 0 radical (unpaired) electrons. The van der Waals surface area contributed by atoms with E-state index < -0.39 is 0 Å². The van der Waals surface area contributed by atoms with Gasteiger partial charge < -0.3 is 10.1 Å². The minimum absolute atomic E-state index is 0.0104. The van der Waals surface area contributed by atoms with Gasteiger partial charge in [0.1, 0.15) is 0 Å². The summed E-state index contributed by atoms with van der Waals surface area (Å²) in [4.78, 5) is 12.2. The van der Waals surface area contributed by atoms with Crippen LogP contribution >= 0.6 is 0 Å². The standard InChI is InChI=1S/C14H25NO2/c1-4-17-13(16)14(2,3)12-10-6-5-7-11(12)9-15-8-10/h10-12,15H,4-9H2,1-3H3. The molecule has 0 aromatic carbocycles. The van der Waals surface area contributed by atoms with Crippen LogP contribution in [-0.4, -0.2) is 25.7 Å². The molecular formula is C14H25NO2. The van der Waals surface area contributed by atoms with E-state index in [0.29, 0.717) is 24.4 Å². The highest BCUT2D eigenvalue weighted by Gasteiger charge is 2.49. The predicted molar refractivity (Wildman–Crippen MR) is 67.6 cm³/mol. The average molecular weight is 239 g/mol. The first-order valence-corrected chi connectivity index (χ1v) is 6.95. The van der Waals surface area contributed by atoms with Crippen LogP contribution in [0.15, 0.2) is 0 Å². The van der Waals surface area contributed by atoms with Crippen LogP contribution in [-0.2, 0) is 9.53 Å². The van der Waals surface area contributed by atoms with E-state index in [1.54, 1.807) is 0 Å². The number of carbonyl (C=O) groups is 1. The van der Waals surface area contributed by atoms with Gasteiger partial charge in [-0.25, -0.2) is 0 Å². The number of rotatable bonds is 3. The van der Waals surface area contributed by atoms with Crippen molar-refractivity contribution < 1.29 is 9.53 Å². The quantitative estimate of drug-likeness (QED) is 0.767. The third kappa shape index (κ3) is 2.35. The second-order valence-electron chi connectivity index (χ2n) is 6.08. The summed E-state index contributed by atoms with van der Waals surface area (Å²) < 4.78 is 5.27. The Morgan fingerprint density at radius 3 is 2.41 bits per heavy atom. The molecule has 0 aromatic rings. The molecule has 3 nitrogen and oxygen atoms in total. The highest BCUT2D eigenvalue weighted by Crippen LogP contribution is 2.47. The van der Waals surface area contributed by atoms with Crippen LogP contribution in [0.5, 0.6) is 0 Å². The van der Waals surface area contributed by atoms with E-state index in [9.17, 15) is 4.79 Å². The first-order chi connectivity index (χ1) is 8.07. The molecule has 1 saturated carbocycles. The molecule has 1 aliphatic carbocycles. The van der Waals surface area contributed by atoms with Crippen LogP contribution in [0.2, 0.25) is 0 Å². The smallest absolute Gasteiger partial charge is 0.311 e. The number of carbonyl (C=O) groups excluding carboxylic acids is 1. The van der Waals surface area contributed by atoms with Crippen molar-refractivity contribution in [2.75, 3.05) is 19.7 Å². The molecule has 1 N–H and O–H groups in total. The molecule has 17 heavy (non-hydrogen) atoms. The molecular weight excluding hydrogens is 214 g/mol. The van der Waals surface area contributed by atoms with Crippen molar-refractivity contribution in [1.82, 2.24) is 5.32 Å². The Morgan fingerprint density at radius 2 is 1.88 bits per heavy atom. The summed E-state index contributed by atoms with van der Waals surface area (Å²) in [5.74, 6) is 1.80. The Morgan fingerprint density at radius 1 is 1.29 bits per heavy atom. The predicted octanol–water partition coefficient (Wildman–Crippen LogP) is 2.21. The number of nitrogens with one attached hydrogen (secondary N) is 1. The summed E-state index contributed by atoms with van der Waals surface area (Å²) in [7, 11) is 0. The molecule has 98 valence electrons. The summed E-state index contributed by atoms with van der Waals surface area (Å²) in [6.07, 6.45) is 3.85. The molecule has 2 rings (SSSR count). The Bertz CT molecular complexity index is 266. The lowest BCUT2D eigenvalue weighted by Gasteiger charge is -2.49. The molecule has 1 saturated heterocycles. The number of piperidine rings is 1. The molecule has 3 heteroatoms. The number of hydrogen-bond acceptors (Lipinski definition) is 3. The van der Waals surface area contributed by atoms with Crippen molar-refractivity contribution in [2.45, 2.75) is 40.0 Å². The van der Waals surface area contributed by atoms with Crippen molar-refractivity contribution in [1.29, 1.82) is 0 Å². The van der Waals surface area contributed by atoms with Crippen LogP contribution < -0.4 is 5.32 Å². The van der Waals surface area contributed by atoms with E-state index in [0.717, 1.165) is 13.1 Å². The summed E-state index contributed by atoms with van der Waals surface area (Å²) in [6.45, 7) is 8.67. The van der Waals surface area contributed by atoms with Crippen molar-refractivity contribution in [3.8, 4) is 0 Å². The number of esters is 1. The van der Waals surface area contributed by atoms with Crippen molar-refractivity contribution in [3.63, 3.8) is 0 Å². The monoisotopic (exact) mass is 239 g/mol. The lowest BCUT2D eigenvalue weighted by Crippen LogP contribution is -2.53. The van der Waals surface area contributed by atoms with Crippen molar-refractivity contribution in [3.05, 3.63) is 0 Å². The molecule has 2 fully saturated rings.